The molecule has 0 amide bonds. The van der Waals surface area contributed by atoms with Crippen molar-refractivity contribution in [3.63, 3.8) is 0 Å². The number of ether oxygens (including phenoxy) is 1. The van der Waals surface area contributed by atoms with Gasteiger partial charge in [-0.15, -0.1) is 0 Å². The molecule has 0 aromatic carbocycles. The maximum Gasteiger partial charge on any atom is 0.316 e. The molecule has 0 bridgehead atoms. The van der Waals surface area contributed by atoms with Gasteiger partial charge in [0.1, 0.15) is 30.2 Å². The van der Waals surface area contributed by atoms with Gasteiger partial charge in [0.15, 0.2) is 17.7 Å². The van der Waals surface area contributed by atoms with Crippen molar-refractivity contribution in [2.75, 3.05) is 12.3 Å². The maximum atomic E-state index is 10.6. The SMILES string of the molecule is Nc1ncnc2c1ncn2[C@@H]1O[C@H](CO[PH](=O)O)C(O)C1O. The Morgan fingerprint density at radius 1 is 1.36 bits per heavy atom. The molecule has 3 rings (SSSR count). The van der Waals surface area contributed by atoms with Crippen molar-refractivity contribution in [1.29, 1.82) is 0 Å². The quantitative estimate of drug-likeness (QED) is 0.480. The lowest BCUT2D eigenvalue weighted by atomic mass is 10.1. The smallest absolute Gasteiger partial charge is 0.316 e. The van der Waals surface area contributed by atoms with E-state index in [0.29, 0.717) is 11.2 Å². The van der Waals surface area contributed by atoms with Crippen molar-refractivity contribution < 1.29 is 28.9 Å². The Bertz CT molecular complexity index is 710. The molecule has 0 saturated carbocycles. The van der Waals surface area contributed by atoms with E-state index in [-0.39, 0.29) is 12.4 Å². The minimum absolute atomic E-state index is 0.176. The van der Waals surface area contributed by atoms with Crippen molar-refractivity contribution in [3.05, 3.63) is 12.7 Å². The molecule has 2 aromatic heterocycles. The van der Waals surface area contributed by atoms with Crippen LogP contribution in [-0.4, -0.2) is 59.5 Å². The molecule has 0 spiro atoms. The minimum Gasteiger partial charge on any atom is -0.387 e. The molecule has 11 nitrogen and oxygen atoms in total. The summed E-state index contributed by atoms with van der Waals surface area (Å²) in [5, 5.41) is 20.1. The monoisotopic (exact) mass is 331 g/mol. The third kappa shape index (κ3) is 2.58. The Kier molecular flexibility index (Phi) is 4.08. The molecule has 1 saturated heterocycles. The Labute approximate surface area is 124 Å². The summed E-state index contributed by atoms with van der Waals surface area (Å²) in [5.74, 6) is 0.176. The third-order valence-corrected chi connectivity index (χ3v) is 3.78. The fourth-order valence-corrected chi connectivity index (χ4v) is 2.61. The molecular weight excluding hydrogens is 317 g/mol. The zero-order valence-electron chi connectivity index (χ0n) is 11.1. The number of aliphatic hydroxyl groups is 2. The summed E-state index contributed by atoms with van der Waals surface area (Å²) in [4.78, 5) is 20.5. The molecule has 5 atom stereocenters. The van der Waals surface area contributed by atoms with Gasteiger partial charge in [-0.2, -0.15) is 0 Å². The van der Waals surface area contributed by atoms with E-state index < -0.39 is 32.8 Å². The van der Waals surface area contributed by atoms with E-state index in [1.54, 1.807) is 0 Å². The number of anilines is 1. The number of nitrogens with two attached hydrogens (primary N) is 1. The van der Waals surface area contributed by atoms with Crippen LogP contribution in [0.5, 0.6) is 0 Å². The summed E-state index contributed by atoms with van der Waals surface area (Å²) in [6.45, 7) is -0.327. The van der Waals surface area contributed by atoms with Crippen LogP contribution in [0.4, 0.5) is 5.82 Å². The number of rotatable bonds is 4. The molecule has 120 valence electrons. The highest BCUT2D eigenvalue weighted by molar-refractivity contribution is 7.32. The van der Waals surface area contributed by atoms with Gasteiger partial charge in [-0.3, -0.25) is 9.13 Å². The van der Waals surface area contributed by atoms with E-state index in [4.69, 9.17) is 15.4 Å². The summed E-state index contributed by atoms with van der Waals surface area (Å²) >= 11 is 0. The molecule has 0 radical (unpaired) electrons. The summed E-state index contributed by atoms with van der Waals surface area (Å²) in [5.41, 5.74) is 6.35. The third-order valence-electron chi connectivity index (χ3n) is 3.37. The molecule has 12 heteroatoms. The van der Waals surface area contributed by atoms with Crippen molar-refractivity contribution in [3.8, 4) is 0 Å². The van der Waals surface area contributed by atoms with Crippen LogP contribution in [0.2, 0.25) is 0 Å². The molecule has 3 heterocycles. The van der Waals surface area contributed by atoms with Gasteiger partial charge in [0.25, 0.3) is 0 Å². The fraction of sp³-hybridized carbons (Fsp3) is 0.500. The van der Waals surface area contributed by atoms with E-state index in [2.05, 4.69) is 19.5 Å². The van der Waals surface area contributed by atoms with E-state index in [9.17, 15) is 14.8 Å². The minimum atomic E-state index is -3.15. The van der Waals surface area contributed by atoms with Gasteiger partial charge >= 0.3 is 8.25 Å². The predicted molar refractivity (Wildman–Crippen MR) is 72.8 cm³/mol. The number of nitrogen functional groups attached to an aromatic ring is 1. The lowest BCUT2D eigenvalue weighted by Crippen LogP contribution is -2.33. The largest absolute Gasteiger partial charge is 0.387 e. The highest BCUT2D eigenvalue weighted by Gasteiger charge is 2.44. The van der Waals surface area contributed by atoms with E-state index in [1.165, 1.54) is 17.2 Å². The zero-order valence-corrected chi connectivity index (χ0v) is 12.1. The Balaban J connectivity index is 1.87. The average Bonchev–Trinajstić information content (AvgIpc) is 3.01. The van der Waals surface area contributed by atoms with Crippen LogP contribution in [0.15, 0.2) is 12.7 Å². The molecule has 22 heavy (non-hydrogen) atoms. The van der Waals surface area contributed by atoms with Gasteiger partial charge in [0.05, 0.1) is 12.9 Å². The number of hydrogen-bond acceptors (Lipinski definition) is 9. The number of hydrogen-bond donors (Lipinski definition) is 4. The van der Waals surface area contributed by atoms with Gasteiger partial charge in [-0.05, 0) is 0 Å². The van der Waals surface area contributed by atoms with Crippen LogP contribution in [0.25, 0.3) is 11.2 Å². The topological polar surface area (TPSA) is 166 Å². The summed E-state index contributed by atoms with van der Waals surface area (Å²) in [6.07, 6.45) is -1.92. The van der Waals surface area contributed by atoms with Gasteiger partial charge in [0, 0.05) is 0 Å². The molecule has 5 N–H and O–H groups in total. The van der Waals surface area contributed by atoms with Gasteiger partial charge in [0.2, 0.25) is 0 Å². The summed E-state index contributed by atoms with van der Waals surface area (Å²) in [6, 6.07) is 0. The first-order chi connectivity index (χ1) is 10.5. The second kappa shape index (κ2) is 5.88. The van der Waals surface area contributed by atoms with Crippen molar-refractivity contribution in [2.45, 2.75) is 24.5 Å². The lowest BCUT2D eigenvalue weighted by Gasteiger charge is -2.16. The van der Waals surface area contributed by atoms with Gasteiger partial charge < -0.3 is 30.1 Å². The number of imidazole rings is 1. The van der Waals surface area contributed by atoms with Gasteiger partial charge in [-0.1, -0.05) is 0 Å². The normalized spacial score (nSPS) is 30.0. The van der Waals surface area contributed by atoms with Crippen LogP contribution in [-0.2, 0) is 13.8 Å². The maximum absolute atomic E-state index is 10.6. The second-order valence-electron chi connectivity index (χ2n) is 4.71. The Morgan fingerprint density at radius 3 is 2.86 bits per heavy atom. The van der Waals surface area contributed by atoms with Crippen LogP contribution < -0.4 is 5.73 Å². The van der Waals surface area contributed by atoms with Crippen LogP contribution in [0.3, 0.4) is 0 Å². The van der Waals surface area contributed by atoms with Crippen molar-refractivity contribution in [2.24, 2.45) is 0 Å². The van der Waals surface area contributed by atoms with Crippen molar-refractivity contribution >= 4 is 25.2 Å². The molecule has 1 aliphatic rings. The first-order valence-corrected chi connectivity index (χ1v) is 7.55. The molecular formula is C10H14N5O6P. The van der Waals surface area contributed by atoms with Crippen LogP contribution in [0.1, 0.15) is 6.23 Å². The standard InChI is InChI=1S/C10H14N5O6P/c11-8-5-9(13-2-12-8)15(3-14-5)10-7(17)6(16)4(21-10)1-20-22(18)19/h2-4,6-7,10,16-17,22H,1H2,(H,18,19)(H2,11,12,13)/t4-,6?,7?,10-/m1/s1. The number of fused-ring (bicyclic) bond motifs is 1. The zero-order chi connectivity index (χ0) is 15.9. The number of aromatic nitrogens is 4. The fourth-order valence-electron chi connectivity index (χ4n) is 2.31. The first-order valence-electron chi connectivity index (χ1n) is 6.29. The van der Waals surface area contributed by atoms with Crippen LogP contribution in [0, 0.1) is 0 Å². The summed E-state index contributed by atoms with van der Waals surface area (Å²) in [7, 11) is -3.15. The van der Waals surface area contributed by atoms with Crippen molar-refractivity contribution in [1.82, 2.24) is 19.5 Å². The van der Waals surface area contributed by atoms with Gasteiger partial charge in [-0.25, -0.2) is 15.0 Å². The Hall–Kier alpha value is -1.62. The van der Waals surface area contributed by atoms with E-state index in [1.807, 2.05) is 0 Å². The molecule has 1 fully saturated rings. The Morgan fingerprint density at radius 2 is 2.14 bits per heavy atom. The molecule has 3 unspecified atom stereocenters. The molecule has 0 aliphatic carbocycles. The molecule has 1 aliphatic heterocycles. The lowest BCUT2D eigenvalue weighted by molar-refractivity contribution is -0.0476. The number of nitrogens with zero attached hydrogens (tertiary/aromatic N) is 4. The first kappa shape index (κ1) is 15.3. The van der Waals surface area contributed by atoms with E-state index in [0.717, 1.165) is 0 Å². The highest BCUT2D eigenvalue weighted by Crippen LogP contribution is 2.33. The van der Waals surface area contributed by atoms with E-state index >= 15 is 0 Å². The predicted octanol–water partition coefficient (Wildman–Crippen LogP) is -1.57. The second-order valence-corrected chi connectivity index (χ2v) is 5.53. The highest BCUT2D eigenvalue weighted by atomic mass is 31.1. The molecule has 2 aromatic rings. The number of aliphatic hydroxyl groups excluding tert-OH is 2. The summed E-state index contributed by atoms with van der Waals surface area (Å²) < 4.78 is 22.0. The van der Waals surface area contributed by atoms with Crippen LogP contribution >= 0.6 is 8.25 Å². The average molecular weight is 331 g/mol.